The lowest BCUT2D eigenvalue weighted by molar-refractivity contribution is -0.384. The molecule has 8 heteroatoms. The Hall–Kier alpha value is -2.25. The molecule has 0 bridgehead atoms. The minimum Gasteiger partial charge on any atom is -0.365 e. The van der Waals surface area contributed by atoms with Gasteiger partial charge in [0.1, 0.15) is 10.6 Å². The van der Waals surface area contributed by atoms with Gasteiger partial charge < -0.3 is 5.32 Å². The first-order chi connectivity index (χ1) is 12.1. The summed E-state index contributed by atoms with van der Waals surface area (Å²) in [5.74, 6) is 0.709. The molecule has 2 aromatic heterocycles. The molecule has 1 aromatic carbocycles. The summed E-state index contributed by atoms with van der Waals surface area (Å²) < 4.78 is 0. The first kappa shape index (κ1) is 16.2. The lowest BCUT2D eigenvalue weighted by Crippen LogP contribution is -2.05. The SMILES string of the molecule is O=[N+]([O-])c1cccc(CNc2nc(Cl)nc3sc4c(c23)CCCC4)c1. The number of aromatic nitrogens is 2. The van der Waals surface area contributed by atoms with E-state index in [0.29, 0.717) is 12.4 Å². The monoisotopic (exact) mass is 374 g/mol. The average molecular weight is 375 g/mol. The maximum absolute atomic E-state index is 10.9. The van der Waals surface area contributed by atoms with Crippen LogP contribution >= 0.6 is 22.9 Å². The van der Waals surface area contributed by atoms with Gasteiger partial charge in [-0.1, -0.05) is 12.1 Å². The first-order valence-corrected chi connectivity index (χ1v) is 9.26. The van der Waals surface area contributed by atoms with Crippen LogP contribution in [-0.4, -0.2) is 14.9 Å². The van der Waals surface area contributed by atoms with E-state index >= 15 is 0 Å². The van der Waals surface area contributed by atoms with Gasteiger partial charge in [0.2, 0.25) is 5.28 Å². The van der Waals surface area contributed by atoms with E-state index in [9.17, 15) is 10.1 Å². The van der Waals surface area contributed by atoms with Crippen molar-refractivity contribution >= 4 is 44.7 Å². The second-order valence-corrected chi connectivity index (χ2v) is 7.43. The molecule has 0 radical (unpaired) electrons. The van der Waals surface area contributed by atoms with Gasteiger partial charge in [-0.15, -0.1) is 11.3 Å². The number of benzene rings is 1. The maximum atomic E-state index is 10.9. The van der Waals surface area contributed by atoms with Crippen LogP contribution in [0.25, 0.3) is 10.2 Å². The van der Waals surface area contributed by atoms with Gasteiger partial charge in [0.05, 0.1) is 10.3 Å². The fourth-order valence-corrected chi connectivity index (χ4v) is 4.71. The third-order valence-corrected chi connectivity index (χ3v) is 5.72. The molecule has 1 N–H and O–H groups in total. The van der Waals surface area contributed by atoms with Gasteiger partial charge in [0.15, 0.2) is 0 Å². The molecule has 128 valence electrons. The molecule has 0 spiro atoms. The van der Waals surface area contributed by atoms with Crippen LogP contribution < -0.4 is 5.32 Å². The van der Waals surface area contributed by atoms with Crippen molar-refractivity contribution in [2.75, 3.05) is 5.32 Å². The fourth-order valence-electron chi connectivity index (χ4n) is 3.23. The van der Waals surface area contributed by atoms with Crippen molar-refractivity contribution in [1.29, 1.82) is 0 Å². The molecule has 0 unspecified atom stereocenters. The van der Waals surface area contributed by atoms with Crippen LogP contribution in [0.4, 0.5) is 11.5 Å². The zero-order valence-electron chi connectivity index (χ0n) is 13.3. The Labute approximate surface area is 153 Å². The Kier molecular flexibility index (Phi) is 4.27. The van der Waals surface area contributed by atoms with E-state index in [1.54, 1.807) is 23.5 Å². The molecular weight excluding hydrogens is 360 g/mol. The lowest BCUT2D eigenvalue weighted by Gasteiger charge is -2.12. The van der Waals surface area contributed by atoms with Crippen molar-refractivity contribution in [2.24, 2.45) is 0 Å². The average Bonchev–Trinajstić information content (AvgIpc) is 2.98. The number of hydrogen-bond donors (Lipinski definition) is 1. The molecule has 0 saturated carbocycles. The molecule has 2 heterocycles. The number of fused-ring (bicyclic) bond motifs is 3. The van der Waals surface area contributed by atoms with Gasteiger partial charge in [0.25, 0.3) is 5.69 Å². The number of aryl methyl sites for hydroxylation is 2. The highest BCUT2D eigenvalue weighted by atomic mass is 35.5. The maximum Gasteiger partial charge on any atom is 0.269 e. The number of nitro groups is 1. The minimum atomic E-state index is -0.390. The van der Waals surface area contributed by atoms with Gasteiger partial charge in [-0.25, -0.2) is 9.97 Å². The quantitative estimate of drug-likeness (QED) is 0.405. The second-order valence-electron chi connectivity index (χ2n) is 6.01. The summed E-state index contributed by atoms with van der Waals surface area (Å²) in [6, 6.07) is 6.59. The van der Waals surface area contributed by atoms with E-state index in [1.807, 2.05) is 6.07 Å². The van der Waals surface area contributed by atoms with E-state index in [0.717, 1.165) is 28.6 Å². The molecular formula is C17H15ClN4O2S. The lowest BCUT2D eigenvalue weighted by atomic mass is 9.97. The largest absolute Gasteiger partial charge is 0.365 e. The van der Waals surface area contributed by atoms with Crippen molar-refractivity contribution in [1.82, 2.24) is 9.97 Å². The summed E-state index contributed by atoms with van der Waals surface area (Å²) in [4.78, 5) is 21.6. The minimum absolute atomic E-state index is 0.0816. The number of nitro benzene ring substituents is 1. The van der Waals surface area contributed by atoms with Crippen molar-refractivity contribution in [2.45, 2.75) is 32.2 Å². The standard InChI is InChI=1S/C17H15ClN4O2S/c18-17-20-15(19-9-10-4-3-5-11(8-10)22(23)24)14-12-6-1-2-7-13(12)25-16(14)21-17/h3-5,8H,1-2,6-7,9H2,(H,19,20,21). The predicted molar refractivity (Wildman–Crippen MR) is 99.5 cm³/mol. The summed E-state index contributed by atoms with van der Waals surface area (Å²) in [6.45, 7) is 0.439. The number of rotatable bonds is 4. The molecule has 0 saturated heterocycles. The number of nitrogens with zero attached hydrogens (tertiary/aromatic N) is 3. The van der Waals surface area contributed by atoms with Gasteiger partial charge >= 0.3 is 0 Å². The first-order valence-electron chi connectivity index (χ1n) is 8.07. The van der Waals surface area contributed by atoms with E-state index < -0.39 is 4.92 Å². The van der Waals surface area contributed by atoms with E-state index in [-0.39, 0.29) is 11.0 Å². The van der Waals surface area contributed by atoms with Crippen LogP contribution in [0.1, 0.15) is 28.8 Å². The number of non-ortho nitro benzene ring substituents is 1. The summed E-state index contributed by atoms with van der Waals surface area (Å²) in [6.07, 6.45) is 4.49. The molecule has 0 fully saturated rings. The number of thiophene rings is 1. The Balaban J connectivity index is 1.68. The highest BCUT2D eigenvalue weighted by molar-refractivity contribution is 7.19. The Morgan fingerprint density at radius 1 is 1.28 bits per heavy atom. The molecule has 4 rings (SSSR count). The highest BCUT2D eigenvalue weighted by Gasteiger charge is 2.21. The van der Waals surface area contributed by atoms with E-state index in [2.05, 4.69) is 15.3 Å². The van der Waals surface area contributed by atoms with Crippen LogP contribution in [0.5, 0.6) is 0 Å². The van der Waals surface area contributed by atoms with E-state index in [1.165, 1.54) is 29.3 Å². The van der Waals surface area contributed by atoms with Crippen molar-refractivity contribution in [3.8, 4) is 0 Å². The summed E-state index contributed by atoms with van der Waals surface area (Å²) in [7, 11) is 0. The zero-order chi connectivity index (χ0) is 17.4. The topological polar surface area (TPSA) is 81.0 Å². The van der Waals surface area contributed by atoms with Gasteiger partial charge in [0, 0.05) is 23.6 Å². The number of anilines is 1. The fraction of sp³-hybridized carbons (Fsp3) is 0.294. The Morgan fingerprint density at radius 3 is 2.96 bits per heavy atom. The normalized spacial score (nSPS) is 13.6. The number of halogens is 1. The van der Waals surface area contributed by atoms with Gasteiger partial charge in [-0.05, 0) is 48.4 Å². The summed E-state index contributed by atoms with van der Waals surface area (Å²) in [5, 5.41) is 15.5. The zero-order valence-corrected chi connectivity index (χ0v) is 14.9. The Morgan fingerprint density at radius 2 is 2.12 bits per heavy atom. The van der Waals surface area contributed by atoms with Gasteiger partial charge in [-0.2, -0.15) is 0 Å². The molecule has 3 aromatic rings. The number of nitrogens with one attached hydrogen (secondary N) is 1. The summed E-state index contributed by atoms with van der Waals surface area (Å²) >= 11 is 7.78. The third kappa shape index (κ3) is 3.17. The van der Waals surface area contributed by atoms with Crippen molar-refractivity contribution < 1.29 is 4.92 Å². The van der Waals surface area contributed by atoms with Gasteiger partial charge in [-0.3, -0.25) is 10.1 Å². The molecule has 0 amide bonds. The number of hydrogen-bond acceptors (Lipinski definition) is 6. The van der Waals surface area contributed by atoms with Crippen molar-refractivity contribution in [3.63, 3.8) is 0 Å². The molecule has 0 aliphatic heterocycles. The van der Waals surface area contributed by atoms with Crippen molar-refractivity contribution in [3.05, 3.63) is 55.7 Å². The van der Waals surface area contributed by atoms with Crippen LogP contribution in [-0.2, 0) is 19.4 Å². The Bertz CT molecular complexity index is 973. The third-order valence-electron chi connectivity index (χ3n) is 4.37. The molecule has 1 aliphatic carbocycles. The van der Waals surface area contributed by atoms with Crippen LogP contribution in [0.3, 0.4) is 0 Å². The van der Waals surface area contributed by atoms with E-state index in [4.69, 9.17) is 11.6 Å². The van der Waals surface area contributed by atoms with Crippen LogP contribution in [0.2, 0.25) is 5.28 Å². The molecule has 25 heavy (non-hydrogen) atoms. The predicted octanol–water partition coefficient (Wildman–Crippen LogP) is 4.74. The van der Waals surface area contributed by atoms with Crippen LogP contribution in [0, 0.1) is 10.1 Å². The molecule has 6 nitrogen and oxygen atoms in total. The molecule has 1 aliphatic rings. The highest BCUT2D eigenvalue weighted by Crippen LogP contribution is 2.39. The smallest absolute Gasteiger partial charge is 0.269 e. The second kappa shape index (κ2) is 6.57. The molecule has 0 atom stereocenters. The van der Waals surface area contributed by atoms with Crippen LogP contribution in [0.15, 0.2) is 24.3 Å². The summed E-state index contributed by atoms with van der Waals surface area (Å²) in [5.41, 5.74) is 2.23.